The Morgan fingerprint density at radius 3 is 3.06 bits per heavy atom. The van der Waals surface area contributed by atoms with E-state index in [2.05, 4.69) is 20.5 Å². The number of hydrogen-bond donors (Lipinski definition) is 0. The van der Waals surface area contributed by atoms with E-state index in [0.717, 1.165) is 5.71 Å². The topological polar surface area (TPSA) is 82.3 Å². The second kappa shape index (κ2) is 4.02. The van der Waals surface area contributed by atoms with Crippen molar-refractivity contribution in [2.45, 2.75) is 0 Å². The lowest BCUT2D eigenvalue weighted by Crippen LogP contribution is -2.15. The quantitative estimate of drug-likeness (QED) is 0.693. The molecule has 0 fully saturated rings. The average molecular weight is 243 g/mol. The van der Waals surface area contributed by atoms with Crippen LogP contribution in [0.2, 0.25) is 0 Å². The molecule has 0 bridgehead atoms. The van der Waals surface area contributed by atoms with Crippen LogP contribution >= 0.6 is 0 Å². The highest BCUT2D eigenvalue weighted by Crippen LogP contribution is 2.32. The lowest BCUT2D eigenvalue weighted by atomic mass is 9.96. The van der Waals surface area contributed by atoms with Gasteiger partial charge in [0.15, 0.2) is 5.70 Å². The first kappa shape index (κ1) is 10.6. The summed E-state index contributed by atoms with van der Waals surface area (Å²) in [5.41, 5.74) is 1.63. The molecule has 1 aliphatic heterocycles. The Labute approximate surface area is 102 Å². The number of carbonyl (C=O) groups excluding carboxylic acids is 1. The number of allylic oxidation sites excluding steroid dienone is 5. The zero-order valence-electron chi connectivity index (χ0n) is 9.52. The molecule has 0 unspecified atom stereocenters. The van der Waals surface area contributed by atoms with Gasteiger partial charge in [-0.2, -0.15) is 0 Å². The summed E-state index contributed by atoms with van der Waals surface area (Å²) in [7, 11) is 1.32. The highest BCUT2D eigenvalue weighted by molar-refractivity contribution is 6.14. The van der Waals surface area contributed by atoms with Gasteiger partial charge in [-0.3, -0.25) is 0 Å². The second-order valence-electron chi connectivity index (χ2n) is 3.74. The van der Waals surface area contributed by atoms with E-state index >= 15 is 0 Å². The normalized spacial score (nSPS) is 20.9. The molecule has 7 nitrogen and oxygen atoms in total. The van der Waals surface area contributed by atoms with Crippen LogP contribution in [0.1, 0.15) is 0 Å². The van der Waals surface area contributed by atoms with E-state index in [9.17, 15) is 4.79 Å². The molecule has 0 aromatic carbocycles. The number of methoxy groups -OCH3 is 1. The van der Waals surface area contributed by atoms with Crippen LogP contribution in [0.5, 0.6) is 0 Å². The number of aliphatic imine (C=N–C) groups is 1. The number of nitrogens with zero attached hydrogens (tertiary/aromatic N) is 5. The molecule has 1 aromatic rings. The number of tetrazole rings is 1. The monoisotopic (exact) mass is 243 g/mol. The fourth-order valence-electron chi connectivity index (χ4n) is 1.97. The fraction of sp³-hybridized carbons (Fsp3) is 0.182. The van der Waals surface area contributed by atoms with E-state index in [4.69, 9.17) is 4.74 Å². The number of fused-ring (bicyclic) bond motifs is 1. The van der Waals surface area contributed by atoms with E-state index in [1.165, 1.54) is 18.1 Å². The van der Waals surface area contributed by atoms with Gasteiger partial charge in [0.1, 0.15) is 6.33 Å². The Hall–Kier alpha value is -2.57. The van der Waals surface area contributed by atoms with Crippen LogP contribution in [0, 0.1) is 5.92 Å². The number of ether oxygens (including phenoxy) is 1. The standard InChI is InChI=1S/C11H9N5O2/c1-18-11(17)9-10(16-6-12-14-15-16)7-4-2-3-5-8(7)13-9/h2-7H,1H3/t7-/m0/s1. The third-order valence-electron chi connectivity index (χ3n) is 2.75. The average Bonchev–Trinajstić information content (AvgIpc) is 3.03. The van der Waals surface area contributed by atoms with Crippen LogP contribution in [0.3, 0.4) is 0 Å². The molecule has 7 heteroatoms. The van der Waals surface area contributed by atoms with Crippen molar-refractivity contribution in [3.63, 3.8) is 0 Å². The first-order valence-electron chi connectivity index (χ1n) is 5.30. The Morgan fingerprint density at radius 2 is 2.33 bits per heavy atom. The van der Waals surface area contributed by atoms with Crippen molar-refractivity contribution in [2.24, 2.45) is 10.9 Å². The molecule has 0 amide bonds. The highest BCUT2D eigenvalue weighted by atomic mass is 16.5. The predicted octanol–water partition coefficient (Wildman–Crippen LogP) is 0.211. The summed E-state index contributed by atoms with van der Waals surface area (Å²) in [6.45, 7) is 0. The minimum absolute atomic E-state index is 0.118. The maximum atomic E-state index is 11.7. The Morgan fingerprint density at radius 1 is 1.44 bits per heavy atom. The maximum absolute atomic E-state index is 11.7. The zero-order valence-corrected chi connectivity index (χ0v) is 9.52. The molecule has 0 saturated carbocycles. The molecule has 1 aliphatic carbocycles. The third-order valence-corrected chi connectivity index (χ3v) is 2.75. The van der Waals surface area contributed by atoms with E-state index in [1.807, 2.05) is 24.3 Å². The molecule has 0 spiro atoms. The lowest BCUT2D eigenvalue weighted by molar-refractivity contribution is -0.136. The van der Waals surface area contributed by atoms with Crippen molar-refractivity contribution in [1.82, 2.24) is 20.2 Å². The summed E-state index contributed by atoms with van der Waals surface area (Å²) in [4.78, 5) is 16.0. The van der Waals surface area contributed by atoms with Gasteiger partial charge in [-0.05, 0) is 16.5 Å². The van der Waals surface area contributed by atoms with Crippen molar-refractivity contribution < 1.29 is 9.53 Å². The minimum Gasteiger partial charge on any atom is -0.464 e. The van der Waals surface area contributed by atoms with Gasteiger partial charge in [-0.25, -0.2) is 14.5 Å². The van der Waals surface area contributed by atoms with E-state index in [-0.39, 0.29) is 11.6 Å². The molecule has 1 aromatic heterocycles. The van der Waals surface area contributed by atoms with Gasteiger partial charge in [0.05, 0.1) is 24.4 Å². The van der Waals surface area contributed by atoms with Crippen LogP contribution in [-0.4, -0.2) is 39.0 Å². The van der Waals surface area contributed by atoms with Crippen LogP contribution < -0.4 is 0 Å². The van der Waals surface area contributed by atoms with Gasteiger partial charge >= 0.3 is 5.97 Å². The van der Waals surface area contributed by atoms with Crippen LogP contribution in [0.4, 0.5) is 0 Å². The van der Waals surface area contributed by atoms with Gasteiger partial charge in [0.2, 0.25) is 0 Å². The number of aromatic nitrogens is 4. The SMILES string of the molecule is COC(=O)C1=C(n2cnnn2)[C@H]2C=CC=CC2=N1. The van der Waals surface area contributed by atoms with Crippen LogP contribution in [0.25, 0.3) is 5.70 Å². The third kappa shape index (κ3) is 1.48. The van der Waals surface area contributed by atoms with Gasteiger partial charge in [-0.1, -0.05) is 18.2 Å². The smallest absolute Gasteiger partial charge is 0.358 e. The molecule has 2 heterocycles. The molecule has 3 rings (SSSR count). The van der Waals surface area contributed by atoms with E-state index in [0.29, 0.717) is 5.70 Å². The summed E-state index contributed by atoms with van der Waals surface area (Å²) in [5, 5.41) is 11.0. The van der Waals surface area contributed by atoms with Crippen LogP contribution in [-0.2, 0) is 9.53 Å². The fourth-order valence-corrected chi connectivity index (χ4v) is 1.97. The summed E-state index contributed by atoms with van der Waals surface area (Å²) in [6, 6.07) is 0. The molecule has 1 atom stereocenters. The molecular formula is C11H9N5O2. The Kier molecular flexibility index (Phi) is 2.36. The predicted molar refractivity (Wildman–Crippen MR) is 62.3 cm³/mol. The highest BCUT2D eigenvalue weighted by Gasteiger charge is 2.33. The molecular weight excluding hydrogens is 234 g/mol. The van der Waals surface area contributed by atoms with Crippen molar-refractivity contribution in [1.29, 1.82) is 0 Å². The number of esters is 1. The summed E-state index contributed by atoms with van der Waals surface area (Å²) < 4.78 is 6.18. The molecule has 0 radical (unpaired) electrons. The maximum Gasteiger partial charge on any atom is 0.358 e. The zero-order chi connectivity index (χ0) is 12.5. The van der Waals surface area contributed by atoms with E-state index in [1.54, 1.807) is 0 Å². The minimum atomic E-state index is -0.496. The molecule has 0 saturated heterocycles. The second-order valence-corrected chi connectivity index (χ2v) is 3.74. The number of hydrogen-bond acceptors (Lipinski definition) is 6. The van der Waals surface area contributed by atoms with Crippen molar-refractivity contribution in [3.8, 4) is 0 Å². The van der Waals surface area contributed by atoms with Gasteiger partial charge in [0.25, 0.3) is 0 Å². The largest absolute Gasteiger partial charge is 0.464 e. The first-order chi connectivity index (χ1) is 8.81. The van der Waals surface area contributed by atoms with Gasteiger partial charge in [0, 0.05) is 0 Å². The summed E-state index contributed by atoms with van der Waals surface area (Å²) >= 11 is 0. The van der Waals surface area contributed by atoms with Gasteiger partial charge < -0.3 is 4.74 Å². The lowest BCUT2D eigenvalue weighted by Gasteiger charge is -2.12. The first-order valence-corrected chi connectivity index (χ1v) is 5.30. The Balaban J connectivity index is 2.14. The number of carbonyl (C=O) groups is 1. The molecule has 0 N–H and O–H groups in total. The summed E-state index contributed by atoms with van der Waals surface area (Å²) in [5.74, 6) is -0.614. The van der Waals surface area contributed by atoms with Crippen molar-refractivity contribution >= 4 is 17.4 Å². The van der Waals surface area contributed by atoms with Crippen molar-refractivity contribution in [2.75, 3.05) is 7.11 Å². The summed E-state index contributed by atoms with van der Waals surface area (Å²) in [6.07, 6.45) is 8.99. The Bertz CT molecular complexity index is 609. The number of rotatable bonds is 2. The molecule has 90 valence electrons. The molecule has 2 aliphatic rings. The van der Waals surface area contributed by atoms with E-state index < -0.39 is 5.97 Å². The molecule has 18 heavy (non-hydrogen) atoms. The van der Waals surface area contributed by atoms with Gasteiger partial charge in [-0.15, -0.1) is 5.10 Å². The van der Waals surface area contributed by atoms with Crippen LogP contribution in [0.15, 0.2) is 41.3 Å². The van der Waals surface area contributed by atoms with Crippen molar-refractivity contribution in [3.05, 3.63) is 36.3 Å².